The molecule has 0 fully saturated rings. The molecule has 0 atom stereocenters. The Morgan fingerprint density at radius 3 is 2.79 bits per heavy atom. The largest absolute Gasteiger partial charge is 0.481 e. The van der Waals surface area contributed by atoms with Crippen LogP contribution in [0.1, 0.15) is 11.1 Å². The molecule has 1 heterocycles. The Labute approximate surface area is 113 Å². The quantitative estimate of drug-likeness (QED) is 0.850. The van der Waals surface area contributed by atoms with Crippen LogP contribution in [0.3, 0.4) is 0 Å². The summed E-state index contributed by atoms with van der Waals surface area (Å²) < 4.78 is 5.21. The zero-order chi connectivity index (χ0) is 13.8. The van der Waals surface area contributed by atoms with Crippen molar-refractivity contribution in [2.75, 3.05) is 24.8 Å². The Hall–Kier alpha value is -2.30. The fourth-order valence-electron chi connectivity index (χ4n) is 2.06. The van der Waals surface area contributed by atoms with Crippen molar-refractivity contribution >= 4 is 11.5 Å². The van der Waals surface area contributed by atoms with Crippen molar-refractivity contribution in [2.45, 2.75) is 13.5 Å². The molecule has 1 aromatic carbocycles. The lowest BCUT2D eigenvalue weighted by Crippen LogP contribution is -2.19. The van der Waals surface area contributed by atoms with Crippen molar-refractivity contribution < 1.29 is 4.74 Å². The van der Waals surface area contributed by atoms with Crippen LogP contribution in [0.4, 0.5) is 11.5 Å². The van der Waals surface area contributed by atoms with E-state index in [2.05, 4.69) is 9.97 Å². The van der Waals surface area contributed by atoms with Crippen molar-refractivity contribution in [3.63, 3.8) is 0 Å². The fourth-order valence-corrected chi connectivity index (χ4v) is 2.06. The molecular weight excluding hydrogens is 240 g/mol. The first-order chi connectivity index (χ1) is 9.11. The van der Waals surface area contributed by atoms with Gasteiger partial charge in [0.15, 0.2) is 0 Å². The van der Waals surface area contributed by atoms with Gasteiger partial charge in [0.25, 0.3) is 0 Å². The minimum atomic E-state index is 0.601. The second kappa shape index (κ2) is 5.56. The second-order valence-corrected chi connectivity index (χ2v) is 4.43. The number of hydrogen-bond acceptors (Lipinski definition) is 5. The summed E-state index contributed by atoms with van der Waals surface area (Å²) in [6.45, 7) is 2.68. The predicted molar refractivity (Wildman–Crippen MR) is 76.3 cm³/mol. The zero-order valence-electron chi connectivity index (χ0n) is 11.4. The van der Waals surface area contributed by atoms with E-state index in [1.165, 1.54) is 6.33 Å². The molecule has 0 spiro atoms. The highest BCUT2D eigenvalue weighted by atomic mass is 16.5. The summed E-state index contributed by atoms with van der Waals surface area (Å²) in [5, 5.41) is 0. The van der Waals surface area contributed by atoms with Crippen molar-refractivity contribution in [3.05, 3.63) is 41.7 Å². The molecule has 0 aliphatic heterocycles. The maximum atomic E-state index is 5.78. The number of rotatable bonds is 4. The average Bonchev–Trinajstić information content (AvgIpc) is 2.39. The van der Waals surface area contributed by atoms with Gasteiger partial charge >= 0.3 is 0 Å². The molecular formula is C14H18N4O. The monoisotopic (exact) mass is 258 g/mol. The minimum absolute atomic E-state index is 0.601. The highest BCUT2D eigenvalue weighted by Gasteiger charge is 2.11. The maximum absolute atomic E-state index is 5.78. The molecule has 0 amide bonds. The van der Waals surface area contributed by atoms with E-state index < -0.39 is 0 Å². The third kappa shape index (κ3) is 2.93. The van der Waals surface area contributed by atoms with E-state index in [1.54, 1.807) is 7.11 Å². The van der Waals surface area contributed by atoms with Crippen LogP contribution in [-0.2, 0) is 6.54 Å². The molecule has 100 valence electrons. The lowest BCUT2D eigenvalue weighted by molar-refractivity contribution is 0.393. The van der Waals surface area contributed by atoms with Crippen LogP contribution in [0, 0.1) is 6.92 Å². The number of methoxy groups -OCH3 is 1. The van der Waals surface area contributed by atoms with Crippen molar-refractivity contribution in [1.82, 2.24) is 9.97 Å². The Morgan fingerprint density at radius 2 is 2.11 bits per heavy atom. The number of aromatic nitrogens is 2. The van der Waals surface area contributed by atoms with Crippen LogP contribution in [-0.4, -0.2) is 24.1 Å². The molecule has 0 unspecified atom stereocenters. The number of hydrogen-bond donors (Lipinski definition) is 1. The van der Waals surface area contributed by atoms with Crippen LogP contribution in [0.15, 0.2) is 30.6 Å². The summed E-state index contributed by atoms with van der Waals surface area (Å²) in [6, 6.07) is 7.83. The Bertz CT molecular complexity index is 571. The summed E-state index contributed by atoms with van der Waals surface area (Å²) in [6.07, 6.45) is 1.51. The van der Waals surface area contributed by atoms with Gasteiger partial charge in [-0.15, -0.1) is 0 Å². The third-order valence-electron chi connectivity index (χ3n) is 2.94. The molecule has 2 aromatic rings. The molecule has 0 radical (unpaired) electrons. The highest BCUT2D eigenvalue weighted by Crippen LogP contribution is 2.24. The minimum Gasteiger partial charge on any atom is -0.481 e. The van der Waals surface area contributed by atoms with Gasteiger partial charge in [-0.3, -0.25) is 0 Å². The van der Waals surface area contributed by atoms with Crippen LogP contribution < -0.4 is 15.4 Å². The Balaban J connectivity index is 2.23. The van der Waals surface area contributed by atoms with Gasteiger partial charge in [0.2, 0.25) is 5.88 Å². The van der Waals surface area contributed by atoms with Crippen molar-refractivity contribution in [2.24, 2.45) is 0 Å². The van der Waals surface area contributed by atoms with Crippen molar-refractivity contribution in [3.8, 4) is 5.88 Å². The summed E-state index contributed by atoms with van der Waals surface area (Å²) in [5.74, 6) is 1.46. The topological polar surface area (TPSA) is 64.3 Å². The number of ether oxygens (including phenoxy) is 1. The fraction of sp³-hybridized carbons (Fsp3) is 0.286. The smallest absolute Gasteiger partial charge is 0.221 e. The van der Waals surface area contributed by atoms with E-state index in [1.807, 2.05) is 43.1 Å². The molecule has 2 rings (SSSR count). The van der Waals surface area contributed by atoms with Gasteiger partial charge in [-0.25, -0.2) is 9.97 Å². The van der Waals surface area contributed by atoms with E-state index in [0.29, 0.717) is 5.88 Å². The predicted octanol–water partition coefficient (Wildman–Crippen LogP) is 2.01. The van der Waals surface area contributed by atoms with Gasteiger partial charge in [0.1, 0.15) is 12.1 Å². The lowest BCUT2D eigenvalue weighted by atomic mass is 10.2. The number of benzene rings is 1. The molecule has 19 heavy (non-hydrogen) atoms. The molecule has 1 aromatic heterocycles. The van der Waals surface area contributed by atoms with Gasteiger partial charge < -0.3 is 15.4 Å². The van der Waals surface area contributed by atoms with E-state index in [-0.39, 0.29) is 0 Å². The zero-order valence-corrected chi connectivity index (χ0v) is 11.4. The summed E-state index contributed by atoms with van der Waals surface area (Å²) in [5.41, 5.74) is 8.62. The summed E-state index contributed by atoms with van der Waals surface area (Å²) in [4.78, 5) is 10.4. The Morgan fingerprint density at radius 1 is 1.32 bits per heavy atom. The summed E-state index contributed by atoms with van der Waals surface area (Å²) in [7, 11) is 3.59. The van der Waals surface area contributed by atoms with Gasteiger partial charge in [-0.05, 0) is 24.6 Å². The molecule has 5 heteroatoms. The molecule has 0 aliphatic carbocycles. The van der Waals surface area contributed by atoms with Gasteiger partial charge in [0, 0.05) is 19.3 Å². The average molecular weight is 258 g/mol. The van der Waals surface area contributed by atoms with Crippen LogP contribution in [0.5, 0.6) is 5.88 Å². The van der Waals surface area contributed by atoms with Crippen LogP contribution in [0.2, 0.25) is 0 Å². The molecule has 5 nitrogen and oxygen atoms in total. The normalized spacial score (nSPS) is 10.3. The van der Waals surface area contributed by atoms with Gasteiger partial charge in [-0.1, -0.05) is 12.1 Å². The first-order valence-electron chi connectivity index (χ1n) is 6.03. The standard InChI is InChI=1S/C14H18N4O/c1-10-13(16-9-17-14(10)19-3)18(2)8-11-5-4-6-12(15)7-11/h4-7,9H,8,15H2,1-3H3. The molecule has 0 aliphatic rings. The molecule has 0 saturated heterocycles. The third-order valence-corrected chi connectivity index (χ3v) is 2.94. The molecule has 2 N–H and O–H groups in total. The highest BCUT2D eigenvalue weighted by molar-refractivity contribution is 5.50. The number of nitrogen functional groups attached to an aromatic ring is 1. The van der Waals surface area contributed by atoms with Crippen LogP contribution >= 0.6 is 0 Å². The van der Waals surface area contributed by atoms with Crippen molar-refractivity contribution in [1.29, 1.82) is 0 Å². The number of nitrogens with zero attached hydrogens (tertiary/aromatic N) is 3. The SMILES string of the molecule is COc1ncnc(N(C)Cc2cccc(N)c2)c1C. The lowest BCUT2D eigenvalue weighted by Gasteiger charge is -2.20. The molecule has 0 bridgehead atoms. The van der Waals surface area contributed by atoms with E-state index in [9.17, 15) is 0 Å². The Kier molecular flexibility index (Phi) is 3.85. The number of anilines is 2. The number of nitrogens with two attached hydrogens (primary N) is 1. The first-order valence-corrected chi connectivity index (χ1v) is 6.03. The van der Waals surface area contributed by atoms with Crippen LogP contribution in [0.25, 0.3) is 0 Å². The summed E-state index contributed by atoms with van der Waals surface area (Å²) >= 11 is 0. The van der Waals surface area contributed by atoms with E-state index in [4.69, 9.17) is 10.5 Å². The maximum Gasteiger partial charge on any atom is 0.221 e. The first kappa shape index (κ1) is 13.1. The second-order valence-electron chi connectivity index (χ2n) is 4.43. The van der Waals surface area contributed by atoms with E-state index in [0.717, 1.165) is 29.2 Å². The van der Waals surface area contributed by atoms with Gasteiger partial charge in [-0.2, -0.15) is 0 Å². The van der Waals surface area contributed by atoms with Gasteiger partial charge in [0.05, 0.1) is 12.7 Å². The van der Waals surface area contributed by atoms with E-state index >= 15 is 0 Å². The molecule has 0 saturated carbocycles.